The van der Waals surface area contributed by atoms with Crippen molar-refractivity contribution in [1.29, 1.82) is 0 Å². The first kappa shape index (κ1) is 29.3. The van der Waals surface area contributed by atoms with Crippen LogP contribution in [0.3, 0.4) is 0 Å². The molecule has 28 heavy (non-hydrogen) atoms. The van der Waals surface area contributed by atoms with E-state index in [2.05, 4.69) is 13.2 Å². The zero-order chi connectivity index (χ0) is 21.3. The second-order valence-corrected chi connectivity index (χ2v) is 7.97. The van der Waals surface area contributed by atoms with E-state index in [1.54, 1.807) is 0 Å². The Bertz CT molecular complexity index is 678. The molecule has 0 saturated carbocycles. The van der Waals surface area contributed by atoms with Crippen LogP contribution in [-0.2, 0) is 38.7 Å². The van der Waals surface area contributed by atoms with Crippen molar-refractivity contribution in [1.82, 2.24) is 0 Å². The fourth-order valence-electron chi connectivity index (χ4n) is 1.58. The number of rotatable bonds is 12. The second kappa shape index (κ2) is 13.3. The number of ether oxygens (including phenoxy) is 3. The standard InChI is InChI=1S/C17H26O9S.Ca.2H/c1-12(2)14(18)25-10-17(5,11-26-15(19)13(3)4)16(20)24-8-6-7-9-27(21,22)23;;;/h1,3,6-11H2,2,4-5H3,(H,21,22,23);;;/q;+2;2*-1. The molecule has 0 rings (SSSR count). The molecule has 158 valence electrons. The maximum absolute atomic E-state index is 12.4. The average Bonchev–Trinajstić information content (AvgIpc) is 2.55. The van der Waals surface area contributed by atoms with E-state index < -0.39 is 52.4 Å². The summed E-state index contributed by atoms with van der Waals surface area (Å²) in [6, 6.07) is 0. The van der Waals surface area contributed by atoms with Crippen LogP contribution in [0.15, 0.2) is 24.3 Å². The molecule has 0 atom stereocenters. The number of hydrogen-bond acceptors (Lipinski definition) is 8. The van der Waals surface area contributed by atoms with Gasteiger partial charge in [0, 0.05) is 11.1 Å². The van der Waals surface area contributed by atoms with Crippen LogP contribution in [0.2, 0.25) is 0 Å². The zero-order valence-corrected chi connectivity index (χ0v) is 19.5. The van der Waals surface area contributed by atoms with Crippen molar-refractivity contribution >= 4 is 65.8 Å². The average molecular weight is 449 g/mol. The Balaban J connectivity index is -0.00000113. The Morgan fingerprint density at radius 2 is 1.39 bits per heavy atom. The third kappa shape index (κ3) is 12.5. The van der Waals surface area contributed by atoms with Gasteiger partial charge < -0.3 is 17.1 Å². The van der Waals surface area contributed by atoms with Crippen molar-refractivity contribution in [3.05, 3.63) is 24.3 Å². The van der Waals surface area contributed by atoms with E-state index in [9.17, 15) is 22.8 Å². The molecule has 0 spiro atoms. The summed E-state index contributed by atoms with van der Waals surface area (Å²) in [7, 11) is -4.08. The molecule has 0 amide bonds. The van der Waals surface area contributed by atoms with Crippen LogP contribution in [0.25, 0.3) is 0 Å². The van der Waals surface area contributed by atoms with Crippen LogP contribution in [0, 0.1) is 5.41 Å². The van der Waals surface area contributed by atoms with Crippen LogP contribution in [0.5, 0.6) is 0 Å². The zero-order valence-electron chi connectivity index (χ0n) is 18.5. The third-order valence-electron chi connectivity index (χ3n) is 3.26. The Hall–Kier alpha value is -0.940. The Morgan fingerprint density at radius 3 is 1.75 bits per heavy atom. The molecule has 0 aliphatic carbocycles. The van der Waals surface area contributed by atoms with Crippen LogP contribution >= 0.6 is 0 Å². The Kier molecular flexibility index (Phi) is 13.9. The number of carbonyl (C=O) groups excluding carboxylic acids is 3. The van der Waals surface area contributed by atoms with Gasteiger partial charge >= 0.3 is 55.6 Å². The van der Waals surface area contributed by atoms with Gasteiger partial charge in [-0.05, 0) is 33.6 Å². The molecule has 0 heterocycles. The first-order chi connectivity index (χ1) is 12.3. The molecule has 0 aromatic heterocycles. The van der Waals surface area contributed by atoms with Gasteiger partial charge in [-0.25, -0.2) is 9.59 Å². The number of esters is 3. The number of unbranched alkanes of at least 4 members (excludes halogenated alkanes) is 1. The summed E-state index contributed by atoms with van der Waals surface area (Å²) >= 11 is 0. The van der Waals surface area contributed by atoms with E-state index in [0.717, 1.165) is 0 Å². The smallest absolute Gasteiger partial charge is 1.00 e. The minimum absolute atomic E-state index is 0. The topological polar surface area (TPSA) is 133 Å². The first-order valence-electron chi connectivity index (χ1n) is 8.06. The summed E-state index contributed by atoms with van der Waals surface area (Å²) in [4.78, 5) is 35.5. The molecule has 9 nitrogen and oxygen atoms in total. The van der Waals surface area contributed by atoms with Gasteiger partial charge in [0.2, 0.25) is 0 Å². The SMILES string of the molecule is C=C(C)C(=O)OCC(C)(COC(=O)C(=C)C)C(=O)OCCCCS(=O)(=O)O.[Ca+2].[H-].[H-]. The fraction of sp³-hybridized carbons (Fsp3) is 0.588. The quantitative estimate of drug-likeness (QED) is 0.117. The molecule has 0 aromatic carbocycles. The van der Waals surface area contributed by atoms with Crippen molar-refractivity contribution in [3.63, 3.8) is 0 Å². The van der Waals surface area contributed by atoms with E-state index in [0.29, 0.717) is 0 Å². The molecule has 0 saturated heterocycles. The van der Waals surface area contributed by atoms with Crippen LogP contribution < -0.4 is 0 Å². The second-order valence-electron chi connectivity index (χ2n) is 6.40. The van der Waals surface area contributed by atoms with Gasteiger partial charge in [0.25, 0.3) is 10.1 Å². The van der Waals surface area contributed by atoms with E-state index in [4.69, 9.17) is 18.8 Å². The van der Waals surface area contributed by atoms with Crippen molar-refractivity contribution in [2.24, 2.45) is 5.41 Å². The molecule has 11 heteroatoms. The Labute approximate surface area is 198 Å². The van der Waals surface area contributed by atoms with Gasteiger partial charge in [0.1, 0.15) is 18.6 Å². The normalized spacial score (nSPS) is 11.0. The maximum Gasteiger partial charge on any atom is 2.00 e. The predicted octanol–water partition coefficient (Wildman–Crippen LogP) is 1.29. The minimum atomic E-state index is -4.08. The molecule has 0 aliphatic rings. The van der Waals surface area contributed by atoms with E-state index in [-0.39, 0.29) is 71.2 Å². The van der Waals surface area contributed by atoms with Gasteiger partial charge in [0.05, 0.1) is 12.4 Å². The van der Waals surface area contributed by atoms with Crippen LogP contribution in [-0.4, -0.2) is 94.2 Å². The van der Waals surface area contributed by atoms with E-state index in [1.165, 1.54) is 20.8 Å². The van der Waals surface area contributed by atoms with Crippen molar-refractivity contribution < 1.29 is 44.4 Å². The first-order valence-corrected chi connectivity index (χ1v) is 9.67. The monoisotopic (exact) mass is 448 g/mol. The molecule has 0 fully saturated rings. The molecular formula is C17H28CaO9S. The summed E-state index contributed by atoms with van der Waals surface area (Å²) in [5, 5.41) is 0. The predicted molar refractivity (Wildman–Crippen MR) is 104 cm³/mol. The Morgan fingerprint density at radius 1 is 0.964 bits per heavy atom. The van der Waals surface area contributed by atoms with Crippen molar-refractivity contribution in [3.8, 4) is 0 Å². The third-order valence-corrected chi connectivity index (χ3v) is 4.07. The van der Waals surface area contributed by atoms with E-state index in [1.807, 2.05) is 0 Å². The van der Waals surface area contributed by atoms with Gasteiger partial charge in [-0.1, -0.05) is 13.2 Å². The summed E-state index contributed by atoms with van der Waals surface area (Å²) in [5.41, 5.74) is -1.20. The fourth-order valence-corrected chi connectivity index (χ4v) is 2.15. The summed E-state index contributed by atoms with van der Waals surface area (Å²) < 4.78 is 44.9. The molecule has 0 aromatic rings. The molecule has 0 bridgehead atoms. The summed E-state index contributed by atoms with van der Waals surface area (Å²) in [6.07, 6.45) is 0.289. The number of carbonyl (C=O) groups is 3. The van der Waals surface area contributed by atoms with Crippen molar-refractivity contribution in [2.45, 2.75) is 33.6 Å². The van der Waals surface area contributed by atoms with Crippen molar-refractivity contribution in [2.75, 3.05) is 25.6 Å². The molecule has 0 radical (unpaired) electrons. The maximum atomic E-state index is 12.4. The van der Waals surface area contributed by atoms with Gasteiger partial charge in [-0.2, -0.15) is 8.42 Å². The van der Waals surface area contributed by atoms with Gasteiger partial charge in [0.15, 0.2) is 0 Å². The molecular weight excluding hydrogens is 420 g/mol. The molecule has 0 unspecified atom stereocenters. The van der Waals surface area contributed by atoms with Gasteiger partial charge in [-0.15, -0.1) is 0 Å². The van der Waals surface area contributed by atoms with Crippen LogP contribution in [0.1, 0.15) is 36.5 Å². The largest absolute Gasteiger partial charge is 2.00 e. The number of hydrogen-bond donors (Lipinski definition) is 1. The van der Waals surface area contributed by atoms with Gasteiger partial charge in [-0.3, -0.25) is 9.35 Å². The minimum Gasteiger partial charge on any atom is -1.00 e. The summed E-state index contributed by atoms with van der Waals surface area (Å²) in [6.45, 7) is 10.2. The summed E-state index contributed by atoms with van der Waals surface area (Å²) in [5.74, 6) is -2.67. The molecule has 1 N–H and O–H groups in total. The molecule has 0 aliphatic heterocycles. The van der Waals surface area contributed by atoms with Crippen LogP contribution in [0.4, 0.5) is 0 Å². The van der Waals surface area contributed by atoms with E-state index >= 15 is 0 Å².